The lowest BCUT2D eigenvalue weighted by Gasteiger charge is -2.06. The van der Waals surface area contributed by atoms with Crippen molar-refractivity contribution in [3.8, 4) is 0 Å². The Morgan fingerprint density at radius 2 is 2.23 bits per heavy atom. The maximum Gasteiger partial charge on any atom is 0.253 e. The molecule has 0 bridgehead atoms. The topological polar surface area (TPSA) is 43.1 Å². The predicted octanol–water partition coefficient (Wildman–Crippen LogP) is 2.65. The van der Waals surface area contributed by atoms with Gasteiger partial charge in [0.1, 0.15) is 5.82 Å². The molecule has 0 fully saturated rings. The van der Waals surface area contributed by atoms with E-state index in [0.29, 0.717) is 10.0 Å². The molecule has 1 rings (SSSR count). The zero-order valence-corrected chi connectivity index (χ0v) is 9.04. The molecule has 0 unspecified atom stereocenters. The summed E-state index contributed by atoms with van der Waals surface area (Å²) >= 11 is 8.83. The molecule has 13 heavy (non-hydrogen) atoms. The standard InChI is InChI=1S/C8H6BrClFNO/c1-3-4(9)2-5(11)6(7(3)10)8(12)13/h2H,1H3,(H2,12,13). The summed E-state index contributed by atoms with van der Waals surface area (Å²) in [5.41, 5.74) is 5.29. The first-order chi connectivity index (χ1) is 5.95. The number of primary amides is 1. The number of benzene rings is 1. The van der Waals surface area contributed by atoms with Crippen LogP contribution in [0, 0.1) is 12.7 Å². The van der Waals surface area contributed by atoms with Gasteiger partial charge in [-0.1, -0.05) is 27.5 Å². The van der Waals surface area contributed by atoms with Gasteiger partial charge in [-0.05, 0) is 18.6 Å². The number of hydrogen-bond acceptors (Lipinski definition) is 1. The van der Waals surface area contributed by atoms with Crippen molar-refractivity contribution in [2.75, 3.05) is 0 Å². The summed E-state index contributed by atoms with van der Waals surface area (Å²) in [4.78, 5) is 10.8. The summed E-state index contributed by atoms with van der Waals surface area (Å²) in [6.45, 7) is 1.66. The van der Waals surface area contributed by atoms with E-state index in [9.17, 15) is 9.18 Å². The summed E-state index contributed by atoms with van der Waals surface area (Å²) < 4.78 is 13.6. The fourth-order valence-corrected chi connectivity index (χ4v) is 1.71. The molecular weight excluding hydrogens is 260 g/mol. The number of nitrogens with two attached hydrogens (primary N) is 1. The van der Waals surface area contributed by atoms with E-state index in [1.165, 1.54) is 6.07 Å². The molecule has 2 N–H and O–H groups in total. The number of hydrogen-bond donors (Lipinski definition) is 1. The SMILES string of the molecule is Cc1c(Br)cc(F)c(C(N)=O)c1Cl. The fraction of sp³-hybridized carbons (Fsp3) is 0.125. The summed E-state index contributed by atoms with van der Waals surface area (Å²) in [6.07, 6.45) is 0. The number of rotatable bonds is 1. The Balaban J connectivity index is 3.53. The molecule has 0 aliphatic heterocycles. The van der Waals surface area contributed by atoms with Crippen LogP contribution in [0.3, 0.4) is 0 Å². The first kappa shape index (κ1) is 10.5. The molecule has 0 radical (unpaired) electrons. The van der Waals surface area contributed by atoms with Gasteiger partial charge in [-0.3, -0.25) is 4.79 Å². The van der Waals surface area contributed by atoms with Crippen molar-refractivity contribution in [3.05, 3.63) is 32.5 Å². The Bertz CT molecular complexity index is 381. The van der Waals surface area contributed by atoms with E-state index in [1.807, 2.05) is 0 Å². The first-order valence-corrected chi connectivity index (χ1v) is 4.56. The molecule has 0 saturated carbocycles. The molecule has 70 valence electrons. The Morgan fingerprint density at radius 1 is 1.69 bits per heavy atom. The van der Waals surface area contributed by atoms with Gasteiger partial charge in [-0.25, -0.2) is 4.39 Å². The minimum Gasteiger partial charge on any atom is -0.365 e. The average Bonchev–Trinajstić information content (AvgIpc) is 1.99. The summed E-state index contributed by atoms with van der Waals surface area (Å²) in [7, 11) is 0. The van der Waals surface area contributed by atoms with Crippen molar-refractivity contribution in [2.45, 2.75) is 6.92 Å². The zero-order chi connectivity index (χ0) is 10.2. The van der Waals surface area contributed by atoms with E-state index < -0.39 is 11.7 Å². The van der Waals surface area contributed by atoms with Crippen LogP contribution in [-0.4, -0.2) is 5.91 Å². The van der Waals surface area contributed by atoms with Crippen LogP contribution in [-0.2, 0) is 0 Å². The first-order valence-electron chi connectivity index (χ1n) is 3.39. The Morgan fingerprint density at radius 3 is 2.69 bits per heavy atom. The van der Waals surface area contributed by atoms with Crippen molar-refractivity contribution in [2.24, 2.45) is 5.73 Å². The second kappa shape index (κ2) is 3.64. The molecule has 1 amide bonds. The van der Waals surface area contributed by atoms with Crippen molar-refractivity contribution in [3.63, 3.8) is 0 Å². The Labute approximate surface area is 88.0 Å². The molecule has 2 nitrogen and oxygen atoms in total. The lowest BCUT2D eigenvalue weighted by atomic mass is 10.1. The lowest BCUT2D eigenvalue weighted by molar-refractivity contribution is 0.0996. The molecule has 1 aromatic carbocycles. The highest BCUT2D eigenvalue weighted by Crippen LogP contribution is 2.29. The van der Waals surface area contributed by atoms with Crippen LogP contribution in [0.25, 0.3) is 0 Å². The average molecular weight is 266 g/mol. The normalized spacial score (nSPS) is 10.2. The molecule has 1 aromatic rings. The van der Waals surface area contributed by atoms with Crippen molar-refractivity contribution in [1.82, 2.24) is 0 Å². The van der Waals surface area contributed by atoms with Crippen LogP contribution in [0.15, 0.2) is 10.5 Å². The van der Waals surface area contributed by atoms with Gasteiger partial charge in [0.25, 0.3) is 5.91 Å². The number of carbonyl (C=O) groups is 1. The third-order valence-corrected chi connectivity index (χ3v) is 2.94. The maximum absolute atomic E-state index is 13.1. The van der Waals surface area contributed by atoms with Gasteiger partial charge in [-0.15, -0.1) is 0 Å². The highest BCUT2D eigenvalue weighted by atomic mass is 79.9. The smallest absolute Gasteiger partial charge is 0.253 e. The fourth-order valence-electron chi connectivity index (χ4n) is 0.915. The van der Waals surface area contributed by atoms with Crippen LogP contribution in [0.1, 0.15) is 15.9 Å². The molecular formula is C8H6BrClFNO. The van der Waals surface area contributed by atoms with Gasteiger partial charge < -0.3 is 5.73 Å². The van der Waals surface area contributed by atoms with Crippen LogP contribution in [0.5, 0.6) is 0 Å². The quantitative estimate of drug-likeness (QED) is 0.834. The summed E-state index contributed by atoms with van der Waals surface area (Å²) in [5.74, 6) is -1.58. The maximum atomic E-state index is 13.1. The van der Waals surface area contributed by atoms with E-state index in [2.05, 4.69) is 15.9 Å². The van der Waals surface area contributed by atoms with Gasteiger partial charge >= 0.3 is 0 Å². The number of amides is 1. The highest BCUT2D eigenvalue weighted by Gasteiger charge is 2.16. The molecule has 0 saturated heterocycles. The minimum absolute atomic E-state index is 0.0550. The van der Waals surface area contributed by atoms with Crippen LogP contribution in [0.2, 0.25) is 5.02 Å². The van der Waals surface area contributed by atoms with Crippen LogP contribution in [0.4, 0.5) is 4.39 Å². The second-order valence-corrected chi connectivity index (χ2v) is 3.75. The number of halogens is 3. The highest BCUT2D eigenvalue weighted by molar-refractivity contribution is 9.10. The van der Waals surface area contributed by atoms with E-state index in [0.717, 1.165) is 0 Å². The van der Waals surface area contributed by atoms with Crippen molar-refractivity contribution >= 4 is 33.4 Å². The second-order valence-electron chi connectivity index (χ2n) is 2.52. The summed E-state index contributed by atoms with van der Waals surface area (Å²) in [5, 5.41) is 0.0550. The van der Waals surface area contributed by atoms with Gasteiger partial charge in [0.05, 0.1) is 10.6 Å². The van der Waals surface area contributed by atoms with E-state index >= 15 is 0 Å². The van der Waals surface area contributed by atoms with E-state index in [-0.39, 0.29) is 10.6 Å². The largest absolute Gasteiger partial charge is 0.365 e. The molecule has 0 aliphatic carbocycles. The number of carbonyl (C=O) groups excluding carboxylic acids is 1. The minimum atomic E-state index is -0.863. The van der Waals surface area contributed by atoms with Crippen LogP contribution >= 0.6 is 27.5 Å². The molecule has 0 atom stereocenters. The monoisotopic (exact) mass is 265 g/mol. The molecule has 0 aromatic heterocycles. The lowest BCUT2D eigenvalue weighted by Crippen LogP contribution is -2.14. The van der Waals surface area contributed by atoms with Crippen LogP contribution < -0.4 is 5.73 Å². The Kier molecular flexibility index (Phi) is 2.93. The molecule has 0 heterocycles. The third-order valence-electron chi connectivity index (χ3n) is 1.65. The summed E-state index contributed by atoms with van der Waals surface area (Å²) in [6, 6.07) is 1.17. The van der Waals surface area contributed by atoms with Gasteiger partial charge in [0, 0.05) is 4.47 Å². The molecule has 0 spiro atoms. The van der Waals surface area contributed by atoms with E-state index in [1.54, 1.807) is 6.92 Å². The molecule has 0 aliphatic rings. The molecule has 5 heteroatoms. The van der Waals surface area contributed by atoms with Crippen molar-refractivity contribution < 1.29 is 9.18 Å². The van der Waals surface area contributed by atoms with Crippen molar-refractivity contribution in [1.29, 1.82) is 0 Å². The zero-order valence-electron chi connectivity index (χ0n) is 6.70. The Hall–Kier alpha value is -0.610. The third kappa shape index (κ3) is 1.84. The van der Waals surface area contributed by atoms with Gasteiger partial charge in [-0.2, -0.15) is 0 Å². The van der Waals surface area contributed by atoms with E-state index in [4.69, 9.17) is 17.3 Å². The predicted molar refractivity (Wildman–Crippen MR) is 52.4 cm³/mol. The van der Waals surface area contributed by atoms with Gasteiger partial charge in [0.2, 0.25) is 0 Å². The van der Waals surface area contributed by atoms with Gasteiger partial charge in [0.15, 0.2) is 0 Å².